The maximum absolute atomic E-state index is 12.8. The van der Waals surface area contributed by atoms with Crippen LogP contribution in [0.2, 0.25) is 0 Å². The number of carbonyl (C=O) groups excluding carboxylic acids is 1. The number of nitrogens with zero attached hydrogens (tertiary/aromatic N) is 2. The van der Waals surface area contributed by atoms with Gasteiger partial charge in [-0.25, -0.2) is 9.78 Å². The summed E-state index contributed by atoms with van der Waals surface area (Å²) < 4.78 is 11.5. The second-order valence-electron chi connectivity index (χ2n) is 5.01. The van der Waals surface area contributed by atoms with Crippen molar-refractivity contribution >= 4 is 17.0 Å². The SMILES string of the molecule is CCOC(=O)c1nc2ccccc2n(-c2ccc(OC)cc2)c1=O. The molecule has 6 heteroatoms. The van der Waals surface area contributed by atoms with Crippen LogP contribution < -0.4 is 10.3 Å². The van der Waals surface area contributed by atoms with Crippen molar-refractivity contribution < 1.29 is 14.3 Å². The molecule has 0 saturated heterocycles. The molecule has 0 aliphatic carbocycles. The first-order chi connectivity index (χ1) is 11.7. The molecule has 6 nitrogen and oxygen atoms in total. The first kappa shape index (κ1) is 15.7. The van der Waals surface area contributed by atoms with Crippen LogP contribution in [0.25, 0.3) is 16.7 Å². The average molecular weight is 324 g/mol. The summed E-state index contributed by atoms with van der Waals surface area (Å²) in [6.45, 7) is 1.86. The van der Waals surface area contributed by atoms with Gasteiger partial charge >= 0.3 is 5.97 Å². The first-order valence-corrected chi connectivity index (χ1v) is 7.49. The van der Waals surface area contributed by atoms with Crippen LogP contribution in [0, 0.1) is 0 Å². The van der Waals surface area contributed by atoms with E-state index in [1.165, 1.54) is 4.57 Å². The quantitative estimate of drug-likeness (QED) is 0.690. The second kappa shape index (κ2) is 6.54. The molecule has 0 radical (unpaired) electrons. The molecule has 3 aromatic rings. The smallest absolute Gasteiger partial charge is 0.362 e. The lowest BCUT2D eigenvalue weighted by Gasteiger charge is -2.12. The molecule has 0 atom stereocenters. The van der Waals surface area contributed by atoms with E-state index >= 15 is 0 Å². The molecule has 0 unspecified atom stereocenters. The number of fused-ring (bicyclic) bond motifs is 1. The van der Waals surface area contributed by atoms with Gasteiger partial charge in [-0.05, 0) is 43.3 Å². The van der Waals surface area contributed by atoms with Crippen molar-refractivity contribution in [3.05, 3.63) is 64.6 Å². The highest BCUT2D eigenvalue weighted by molar-refractivity contribution is 5.90. The summed E-state index contributed by atoms with van der Waals surface area (Å²) in [6, 6.07) is 14.1. The minimum absolute atomic E-state index is 0.176. The van der Waals surface area contributed by atoms with Crippen molar-refractivity contribution in [2.45, 2.75) is 6.92 Å². The van der Waals surface area contributed by atoms with Gasteiger partial charge in [-0.3, -0.25) is 9.36 Å². The lowest BCUT2D eigenvalue weighted by atomic mass is 10.2. The zero-order chi connectivity index (χ0) is 17.1. The fraction of sp³-hybridized carbons (Fsp3) is 0.167. The number of benzene rings is 2. The number of hydrogen-bond acceptors (Lipinski definition) is 5. The van der Waals surface area contributed by atoms with Gasteiger partial charge in [-0.1, -0.05) is 12.1 Å². The van der Waals surface area contributed by atoms with E-state index in [0.29, 0.717) is 22.5 Å². The number of hydrogen-bond donors (Lipinski definition) is 0. The molecule has 0 aliphatic heterocycles. The fourth-order valence-corrected chi connectivity index (χ4v) is 2.45. The summed E-state index contributed by atoms with van der Waals surface area (Å²) in [4.78, 5) is 29.1. The molecule has 0 aliphatic rings. The van der Waals surface area contributed by atoms with Crippen molar-refractivity contribution in [3.8, 4) is 11.4 Å². The summed E-state index contributed by atoms with van der Waals surface area (Å²) in [6.07, 6.45) is 0. The largest absolute Gasteiger partial charge is 0.497 e. The maximum atomic E-state index is 12.8. The minimum atomic E-state index is -0.726. The number of aromatic nitrogens is 2. The molecule has 2 aromatic carbocycles. The van der Waals surface area contributed by atoms with E-state index < -0.39 is 11.5 Å². The lowest BCUT2D eigenvalue weighted by molar-refractivity contribution is 0.0517. The van der Waals surface area contributed by atoms with Gasteiger partial charge in [0.25, 0.3) is 5.56 Å². The van der Waals surface area contributed by atoms with E-state index in [2.05, 4.69) is 4.98 Å². The number of para-hydroxylation sites is 2. The van der Waals surface area contributed by atoms with Gasteiger partial charge in [0.1, 0.15) is 5.75 Å². The second-order valence-corrected chi connectivity index (χ2v) is 5.01. The average Bonchev–Trinajstić information content (AvgIpc) is 2.61. The third-order valence-electron chi connectivity index (χ3n) is 3.56. The van der Waals surface area contributed by atoms with Gasteiger partial charge in [0.15, 0.2) is 0 Å². The Balaban J connectivity index is 2.29. The number of esters is 1. The highest BCUT2D eigenvalue weighted by Gasteiger charge is 2.19. The minimum Gasteiger partial charge on any atom is -0.497 e. The molecule has 0 bridgehead atoms. The molecule has 0 spiro atoms. The Kier molecular flexibility index (Phi) is 4.29. The summed E-state index contributed by atoms with van der Waals surface area (Å²) in [5.41, 5.74) is 1.02. The van der Waals surface area contributed by atoms with Crippen molar-refractivity contribution in [2.75, 3.05) is 13.7 Å². The molecule has 0 amide bonds. The van der Waals surface area contributed by atoms with Crippen LogP contribution in [0.5, 0.6) is 5.75 Å². The zero-order valence-corrected chi connectivity index (χ0v) is 13.4. The predicted molar refractivity (Wildman–Crippen MR) is 89.8 cm³/mol. The summed E-state index contributed by atoms with van der Waals surface area (Å²) in [7, 11) is 1.57. The van der Waals surface area contributed by atoms with Gasteiger partial charge in [0.2, 0.25) is 5.69 Å². The van der Waals surface area contributed by atoms with E-state index in [0.717, 1.165) is 0 Å². The number of methoxy groups -OCH3 is 1. The number of ether oxygens (including phenoxy) is 2. The molecular formula is C18H16N2O4. The monoisotopic (exact) mass is 324 g/mol. The van der Waals surface area contributed by atoms with E-state index in [4.69, 9.17) is 9.47 Å². The van der Waals surface area contributed by atoms with Crippen molar-refractivity contribution in [2.24, 2.45) is 0 Å². The Morgan fingerprint density at radius 1 is 1.12 bits per heavy atom. The van der Waals surface area contributed by atoms with Crippen LogP contribution in [0.3, 0.4) is 0 Å². The molecule has 0 fully saturated rings. The summed E-state index contributed by atoms with van der Waals surface area (Å²) in [5, 5.41) is 0. The Morgan fingerprint density at radius 2 is 1.83 bits per heavy atom. The van der Waals surface area contributed by atoms with Crippen LogP contribution >= 0.6 is 0 Å². The zero-order valence-electron chi connectivity index (χ0n) is 13.4. The Hall–Kier alpha value is -3.15. The van der Waals surface area contributed by atoms with E-state index in [1.807, 2.05) is 6.07 Å². The Labute approximate surface area is 138 Å². The van der Waals surface area contributed by atoms with Gasteiger partial charge in [0, 0.05) is 5.69 Å². The molecular weight excluding hydrogens is 308 g/mol. The molecule has 24 heavy (non-hydrogen) atoms. The normalized spacial score (nSPS) is 10.6. The Bertz CT molecular complexity index is 945. The van der Waals surface area contributed by atoms with E-state index in [-0.39, 0.29) is 12.3 Å². The lowest BCUT2D eigenvalue weighted by Crippen LogP contribution is -2.28. The van der Waals surface area contributed by atoms with Crippen LogP contribution in [0.15, 0.2) is 53.3 Å². The maximum Gasteiger partial charge on any atom is 0.362 e. The predicted octanol–water partition coefficient (Wildman–Crippen LogP) is 2.57. The summed E-state index contributed by atoms with van der Waals surface area (Å²) >= 11 is 0. The van der Waals surface area contributed by atoms with E-state index in [1.54, 1.807) is 56.5 Å². The standard InChI is InChI=1S/C18H16N2O4/c1-3-24-18(22)16-17(21)20(12-8-10-13(23-2)11-9-12)15-7-5-4-6-14(15)19-16/h4-11H,3H2,1-2H3. The van der Waals surface area contributed by atoms with Gasteiger partial charge in [-0.2, -0.15) is 0 Å². The van der Waals surface area contributed by atoms with Gasteiger partial charge in [-0.15, -0.1) is 0 Å². The van der Waals surface area contributed by atoms with Crippen molar-refractivity contribution in [1.82, 2.24) is 9.55 Å². The van der Waals surface area contributed by atoms with Gasteiger partial charge < -0.3 is 9.47 Å². The molecule has 1 aromatic heterocycles. The van der Waals surface area contributed by atoms with Crippen molar-refractivity contribution in [1.29, 1.82) is 0 Å². The highest BCUT2D eigenvalue weighted by atomic mass is 16.5. The molecule has 0 N–H and O–H groups in total. The molecule has 1 heterocycles. The fourth-order valence-electron chi connectivity index (χ4n) is 2.45. The summed E-state index contributed by atoms with van der Waals surface area (Å²) in [5.74, 6) is -0.0497. The third kappa shape index (κ3) is 2.74. The van der Waals surface area contributed by atoms with Gasteiger partial charge in [0.05, 0.1) is 24.8 Å². The van der Waals surface area contributed by atoms with Crippen LogP contribution in [0.1, 0.15) is 17.4 Å². The van der Waals surface area contributed by atoms with Crippen LogP contribution in [-0.2, 0) is 4.74 Å². The molecule has 0 saturated carbocycles. The van der Waals surface area contributed by atoms with Crippen molar-refractivity contribution in [3.63, 3.8) is 0 Å². The van der Waals surface area contributed by atoms with Crippen LogP contribution in [-0.4, -0.2) is 29.2 Å². The molecule has 3 rings (SSSR count). The Morgan fingerprint density at radius 3 is 2.50 bits per heavy atom. The number of carbonyl (C=O) groups is 1. The molecule has 122 valence electrons. The third-order valence-corrected chi connectivity index (χ3v) is 3.56. The topological polar surface area (TPSA) is 70.4 Å². The van der Waals surface area contributed by atoms with Crippen LogP contribution in [0.4, 0.5) is 0 Å². The van der Waals surface area contributed by atoms with E-state index in [9.17, 15) is 9.59 Å². The first-order valence-electron chi connectivity index (χ1n) is 7.49. The highest BCUT2D eigenvalue weighted by Crippen LogP contribution is 2.18. The number of rotatable bonds is 4.